The Morgan fingerprint density at radius 3 is 2.59 bits per heavy atom. The van der Waals surface area contributed by atoms with Gasteiger partial charge in [-0.15, -0.1) is 0 Å². The van der Waals surface area contributed by atoms with E-state index in [1.807, 2.05) is 0 Å². The minimum Gasteiger partial charge on any atom is -0.484 e. The van der Waals surface area contributed by atoms with Crippen molar-refractivity contribution in [1.29, 1.82) is 0 Å². The molecule has 1 heterocycles. The Bertz CT molecular complexity index is 1160. The Labute approximate surface area is 172 Å². The number of fused-ring (bicyclic) bond motifs is 1. The monoisotopic (exact) mass is 445 g/mol. The zero-order chi connectivity index (χ0) is 21.3. The second kappa shape index (κ2) is 7.96. The first-order valence-corrected chi connectivity index (χ1v) is 8.84. The highest BCUT2D eigenvalue weighted by molar-refractivity contribution is 6.40. The summed E-state index contributed by atoms with van der Waals surface area (Å²) in [6.07, 6.45) is -4.72. The highest BCUT2D eigenvalue weighted by atomic mass is 35.5. The minimum absolute atomic E-state index is 0.0385. The van der Waals surface area contributed by atoms with Crippen molar-refractivity contribution >= 4 is 45.8 Å². The van der Waals surface area contributed by atoms with Crippen LogP contribution in [0.2, 0.25) is 10.0 Å². The zero-order valence-electron chi connectivity index (χ0n) is 14.7. The Kier molecular flexibility index (Phi) is 5.77. The van der Waals surface area contributed by atoms with Gasteiger partial charge in [0.05, 0.1) is 21.3 Å². The number of halogens is 5. The fraction of sp³-hybridized carbons (Fsp3) is 0.158. The Balaban J connectivity index is 1.79. The average Bonchev–Trinajstić information content (AvgIpc) is 2.65. The molecular formula is C19H12Cl2F3NO4. The molecule has 0 radical (unpaired) electrons. The predicted molar refractivity (Wildman–Crippen MR) is 103 cm³/mol. The standard InChI is InChI=1S/C19H12Cl2F3NO4/c1-9-2-5-13(20)18(17(9)21)25-15(26)8-28-10-3-4-11-12(19(22,23)24)7-16(27)29-14(11)6-10/h2-7H,8H2,1H3,(H,25,26). The zero-order valence-corrected chi connectivity index (χ0v) is 16.2. The van der Waals surface area contributed by atoms with Crippen LogP contribution in [-0.2, 0) is 11.0 Å². The number of carbonyl (C=O) groups is 1. The third-order valence-corrected chi connectivity index (χ3v) is 4.74. The summed E-state index contributed by atoms with van der Waals surface area (Å²) in [5, 5.41) is 2.73. The summed E-state index contributed by atoms with van der Waals surface area (Å²) in [5.41, 5.74) is -1.65. The van der Waals surface area contributed by atoms with Crippen molar-refractivity contribution in [3.05, 3.63) is 68.0 Å². The molecule has 0 bridgehead atoms. The van der Waals surface area contributed by atoms with Crippen LogP contribution >= 0.6 is 23.2 Å². The number of nitrogens with one attached hydrogen (secondary N) is 1. The van der Waals surface area contributed by atoms with Gasteiger partial charge in [0.15, 0.2) is 6.61 Å². The largest absolute Gasteiger partial charge is 0.484 e. The van der Waals surface area contributed by atoms with Crippen molar-refractivity contribution in [1.82, 2.24) is 0 Å². The first-order valence-electron chi connectivity index (χ1n) is 8.08. The molecule has 3 aromatic rings. The fourth-order valence-electron chi connectivity index (χ4n) is 2.56. The van der Waals surface area contributed by atoms with E-state index in [2.05, 4.69) is 5.32 Å². The van der Waals surface area contributed by atoms with Gasteiger partial charge in [-0.3, -0.25) is 4.79 Å². The van der Waals surface area contributed by atoms with Crippen molar-refractivity contribution in [2.75, 3.05) is 11.9 Å². The minimum atomic E-state index is -4.72. The first-order chi connectivity index (χ1) is 13.6. The predicted octanol–water partition coefficient (Wildman–Crippen LogP) is 5.44. The lowest BCUT2D eigenvalue weighted by Crippen LogP contribution is -2.20. The summed E-state index contributed by atoms with van der Waals surface area (Å²) in [6, 6.07) is 7.08. The van der Waals surface area contributed by atoms with Crippen LogP contribution in [0, 0.1) is 6.92 Å². The van der Waals surface area contributed by atoms with Crippen LogP contribution in [0.5, 0.6) is 5.75 Å². The normalized spacial score (nSPS) is 11.5. The third kappa shape index (κ3) is 4.65. The molecule has 0 atom stereocenters. The quantitative estimate of drug-likeness (QED) is 0.542. The first kappa shape index (κ1) is 21.0. The number of rotatable bonds is 4. The van der Waals surface area contributed by atoms with Gasteiger partial charge in [0, 0.05) is 17.5 Å². The maximum atomic E-state index is 13.1. The Morgan fingerprint density at radius 2 is 1.90 bits per heavy atom. The van der Waals surface area contributed by atoms with E-state index in [-0.39, 0.29) is 32.5 Å². The molecule has 0 aliphatic heterocycles. The van der Waals surface area contributed by atoms with Crippen LogP contribution in [-0.4, -0.2) is 12.5 Å². The van der Waals surface area contributed by atoms with E-state index in [1.165, 1.54) is 6.07 Å². The second-order valence-corrected chi connectivity index (χ2v) is 6.81. The van der Waals surface area contributed by atoms with E-state index < -0.39 is 29.9 Å². The van der Waals surface area contributed by atoms with Gasteiger partial charge < -0.3 is 14.5 Å². The topological polar surface area (TPSA) is 68.5 Å². The van der Waals surface area contributed by atoms with E-state index >= 15 is 0 Å². The number of hydrogen-bond donors (Lipinski definition) is 1. The van der Waals surface area contributed by atoms with Crippen LogP contribution in [0.1, 0.15) is 11.1 Å². The van der Waals surface area contributed by atoms with Crippen molar-refractivity contribution < 1.29 is 27.1 Å². The molecule has 2 aromatic carbocycles. The smallest absolute Gasteiger partial charge is 0.417 e. The molecule has 0 spiro atoms. The molecule has 1 amide bonds. The van der Waals surface area contributed by atoms with E-state index in [0.717, 1.165) is 12.1 Å². The highest BCUT2D eigenvalue weighted by Gasteiger charge is 2.33. The van der Waals surface area contributed by atoms with Gasteiger partial charge in [-0.1, -0.05) is 29.3 Å². The third-order valence-electron chi connectivity index (χ3n) is 3.94. The number of alkyl halides is 3. The fourth-order valence-corrected chi connectivity index (χ4v) is 3.03. The van der Waals surface area contributed by atoms with Crippen molar-refractivity contribution in [2.45, 2.75) is 13.1 Å². The maximum Gasteiger partial charge on any atom is 0.417 e. The molecule has 0 saturated carbocycles. The molecule has 1 aromatic heterocycles. The summed E-state index contributed by atoms with van der Waals surface area (Å²) < 4.78 is 49.3. The van der Waals surface area contributed by atoms with Gasteiger partial charge >= 0.3 is 11.8 Å². The van der Waals surface area contributed by atoms with Crippen molar-refractivity contribution in [2.24, 2.45) is 0 Å². The number of aryl methyl sites for hydroxylation is 1. The lowest BCUT2D eigenvalue weighted by Gasteiger charge is -2.12. The van der Waals surface area contributed by atoms with Gasteiger partial charge in [0.1, 0.15) is 11.3 Å². The van der Waals surface area contributed by atoms with Gasteiger partial charge in [0.25, 0.3) is 5.91 Å². The van der Waals surface area contributed by atoms with E-state index in [9.17, 15) is 22.8 Å². The van der Waals surface area contributed by atoms with Crippen LogP contribution in [0.25, 0.3) is 11.0 Å². The SMILES string of the molecule is Cc1ccc(Cl)c(NC(=O)COc2ccc3c(C(F)(F)F)cc(=O)oc3c2)c1Cl. The molecule has 0 aliphatic rings. The summed E-state index contributed by atoms with van der Waals surface area (Å²) in [6.45, 7) is 1.26. The highest BCUT2D eigenvalue weighted by Crippen LogP contribution is 2.35. The number of benzene rings is 2. The number of ether oxygens (including phenoxy) is 1. The van der Waals surface area contributed by atoms with Gasteiger partial charge in [-0.05, 0) is 30.7 Å². The molecular weight excluding hydrogens is 434 g/mol. The average molecular weight is 446 g/mol. The molecule has 0 aliphatic carbocycles. The number of amides is 1. The molecule has 1 N–H and O–H groups in total. The Morgan fingerprint density at radius 1 is 1.17 bits per heavy atom. The van der Waals surface area contributed by atoms with Crippen LogP contribution < -0.4 is 15.7 Å². The molecule has 0 saturated heterocycles. The summed E-state index contributed by atoms with van der Waals surface area (Å²) in [7, 11) is 0. The molecule has 0 fully saturated rings. The lowest BCUT2D eigenvalue weighted by atomic mass is 10.1. The van der Waals surface area contributed by atoms with Crippen LogP contribution in [0.4, 0.5) is 18.9 Å². The molecule has 5 nitrogen and oxygen atoms in total. The number of anilines is 1. The summed E-state index contributed by atoms with van der Waals surface area (Å²) >= 11 is 12.1. The van der Waals surface area contributed by atoms with Gasteiger partial charge in [-0.25, -0.2) is 4.79 Å². The molecule has 3 rings (SSSR count). The molecule has 0 unspecified atom stereocenters. The van der Waals surface area contributed by atoms with E-state index in [4.69, 9.17) is 32.4 Å². The number of carbonyl (C=O) groups excluding carboxylic acids is 1. The lowest BCUT2D eigenvalue weighted by molar-refractivity contribution is -0.136. The van der Waals surface area contributed by atoms with Crippen molar-refractivity contribution in [3.63, 3.8) is 0 Å². The van der Waals surface area contributed by atoms with Crippen LogP contribution in [0.15, 0.2) is 45.6 Å². The molecule has 10 heteroatoms. The van der Waals surface area contributed by atoms with E-state index in [1.54, 1.807) is 19.1 Å². The summed E-state index contributed by atoms with van der Waals surface area (Å²) in [5.74, 6) is -0.554. The van der Waals surface area contributed by atoms with E-state index in [0.29, 0.717) is 11.6 Å². The van der Waals surface area contributed by atoms with Gasteiger partial charge in [0.2, 0.25) is 0 Å². The number of hydrogen-bond acceptors (Lipinski definition) is 4. The Hall–Kier alpha value is -2.71. The summed E-state index contributed by atoms with van der Waals surface area (Å²) in [4.78, 5) is 23.6. The molecule has 152 valence electrons. The second-order valence-electron chi connectivity index (χ2n) is 6.02. The van der Waals surface area contributed by atoms with Crippen LogP contribution in [0.3, 0.4) is 0 Å². The maximum absolute atomic E-state index is 13.1. The molecule has 29 heavy (non-hydrogen) atoms. The van der Waals surface area contributed by atoms with Gasteiger partial charge in [-0.2, -0.15) is 13.2 Å². The van der Waals surface area contributed by atoms with Crippen molar-refractivity contribution in [3.8, 4) is 5.75 Å².